The van der Waals surface area contributed by atoms with Gasteiger partial charge in [0.25, 0.3) is 0 Å². The number of amidine groups is 1. The lowest BCUT2D eigenvalue weighted by Gasteiger charge is -2.21. The Hall–Kier alpha value is -1.55. The average molecular weight is 249 g/mol. The van der Waals surface area contributed by atoms with Gasteiger partial charge in [-0.1, -0.05) is 49.3 Å². The Balaban J connectivity index is 2.75. The van der Waals surface area contributed by atoms with Gasteiger partial charge in [0, 0.05) is 12.6 Å². The van der Waals surface area contributed by atoms with Crippen LogP contribution in [0.2, 0.25) is 0 Å². The van der Waals surface area contributed by atoms with Crippen molar-refractivity contribution in [3.8, 4) is 0 Å². The molecule has 4 N–H and O–H groups in total. The number of benzene rings is 1. The Morgan fingerprint density at radius 2 is 1.89 bits per heavy atom. The topological polar surface area (TPSA) is 70.6 Å². The summed E-state index contributed by atoms with van der Waals surface area (Å²) in [6.07, 6.45) is 2.16. The molecule has 0 aliphatic heterocycles. The molecule has 0 heterocycles. The first-order valence-corrected chi connectivity index (χ1v) is 6.48. The highest BCUT2D eigenvalue weighted by atomic mass is 16.4. The van der Waals surface area contributed by atoms with E-state index >= 15 is 0 Å². The highest BCUT2D eigenvalue weighted by Gasteiger charge is 2.17. The third kappa shape index (κ3) is 4.04. The van der Waals surface area contributed by atoms with Crippen molar-refractivity contribution in [1.29, 1.82) is 0 Å². The van der Waals surface area contributed by atoms with Gasteiger partial charge in [0.05, 0.1) is 5.92 Å². The van der Waals surface area contributed by atoms with E-state index in [1.165, 1.54) is 0 Å². The van der Waals surface area contributed by atoms with Crippen LogP contribution < -0.4 is 11.1 Å². The number of hydrogen-bond donors (Lipinski definition) is 3. The summed E-state index contributed by atoms with van der Waals surface area (Å²) < 4.78 is 0. The molecule has 1 rings (SSSR count). The highest BCUT2D eigenvalue weighted by molar-refractivity contribution is 5.87. The van der Waals surface area contributed by atoms with Crippen LogP contribution in [0.15, 0.2) is 35.5 Å². The molecule has 0 saturated heterocycles. The van der Waals surface area contributed by atoms with E-state index in [2.05, 4.69) is 24.3 Å². The molecule has 0 radical (unpaired) electrons. The van der Waals surface area contributed by atoms with Crippen molar-refractivity contribution in [1.82, 2.24) is 5.32 Å². The van der Waals surface area contributed by atoms with E-state index < -0.39 is 0 Å². The summed E-state index contributed by atoms with van der Waals surface area (Å²) in [5.74, 6) is 0.163. The largest absolute Gasteiger partial charge is 0.409 e. The van der Waals surface area contributed by atoms with Crippen LogP contribution in [-0.2, 0) is 0 Å². The molecule has 18 heavy (non-hydrogen) atoms. The van der Waals surface area contributed by atoms with Gasteiger partial charge in [-0.15, -0.1) is 0 Å². The lowest BCUT2D eigenvalue weighted by Crippen LogP contribution is -2.36. The van der Waals surface area contributed by atoms with E-state index in [4.69, 9.17) is 10.9 Å². The van der Waals surface area contributed by atoms with Crippen LogP contribution in [0.4, 0.5) is 0 Å². The Bertz CT molecular complexity index is 361. The quantitative estimate of drug-likeness (QED) is 0.300. The molecule has 0 fully saturated rings. The van der Waals surface area contributed by atoms with Gasteiger partial charge < -0.3 is 16.3 Å². The van der Waals surface area contributed by atoms with E-state index in [0.29, 0.717) is 12.6 Å². The zero-order chi connectivity index (χ0) is 13.4. The molecule has 0 saturated carbocycles. The molecular formula is C14H23N3O. The predicted octanol–water partition coefficient (Wildman–Crippen LogP) is 2.29. The molecule has 1 aromatic carbocycles. The summed E-state index contributed by atoms with van der Waals surface area (Å²) in [4.78, 5) is 0. The van der Waals surface area contributed by atoms with Crippen LogP contribution in [0.3, 0.4) is 0 Å². The van der Waals surface area contributed by atoms with Gasteiger partial charge in [0.1, 0.15) is 5.84 Å². The predicted molar refractivity (Wildman–Crippen MR) is 75.0 cm³/mol. The van der Waals surface area contributed by atoms with Crippen molar-refractivity contribution >= 4 is 5.84 Å². The maximum atomic E-state index is 8.88. The molecule has 1 aromatic rings. The third-order valence-corrected chi connectivity index (χ3v) is 3.27. The van der Waals surface area contributed by atoms with Gasteiger partial charge in [-0.25, -0.2) is 0 Å². The smallest absolute Gasteiger partial charge is 0.147 e. The van der Waals surface area contributed by atoms with E-state index in [1.807, 2.05) is 30.3 Å². The normalized spacial score (nSPS) is 13.8. The molecule has 100 valence electrons. The van der Waals surface area contributed by atoms with Crippen molar-refractivity contribution in [2.45, 2.75) is 38.6 Å². The first-order chi connectivity index (χ1) is 8.72. The molecule has 1 unspecified atom stereocenters. The van der Waals surface area contributed by atoms with E-state index in [0.717, 1.165) is 18.4 Å². The average Bonchev–Trinajstić information content (AvgIpc) is 2.44. The molecule has 1 atom stereocenters. The molecule has 0 aliphatic carbocycles. The summed E-state index contributed by atoms with van der Waals surface area (Å²) in [5, 5.41) is 15.5. The van der Waals surface area contributed by atoms with Crippen LogP contribution in [-0.4, -0.2) is 23.6 Å². The second-order valence-electron chi connectivity index (χ2n) is 4.41. The minimum atomic E-state index is -0.0863. The van der Waals surface area contributed by atoms with Crippen LogP contribution in [0.5, 0.6) is 0 Å². The second kappa shape index (κ2) is 7.71. The minimum absolute atomic E-state index is 0.0863. The molecule has 0 bridgehead atoms. The molecule has 0 spiro atoms. The van der Waals surface area contributed by atoms with Crippen molar-refractivity contribution in [2.24, 2.45) is 10.9 Å². The molecule has 4 heteroatoms. The fourth-order valence-electron chi connectivity index (χ4n) is 2.01. The van der Waals surface area contributed by atoms with Crippen LogP contribution in [0.1, 0.15) is 38.2 Å². The Morgan fingerprint density at radius 1 is 1.28 bits per heavy atom. The Morgan fingerprint density at radius 3 is 2.39 bits per heavy atom. The summed E-state index contributed by atoms with van der Waals surface area (Å²) >= 11 is 0. The third-order valence-electron chi connectivity index (χ3n) is 3.27. The Kier molecular flexibility index (Phi) is 6.22. The molecular weight excluding hydrogens is 226 g/mol. The van der Waals surface area contributed by atoms with Crippen molar-refractivity contribution in [3.63, 3.8) is 0 Å². The van der Waals surface area contributed by atoms with Crippen molar-refractivity contribution in [3.05, 3.63) is 35.9 Å². The summed E-state index contributed by atoms with van der Waals surface area (Å²) in [6, 6.07) is 10.4. The highest BCUT2D eigenvalue weighted by Crippen LogP contribution is 2.15. The Labute approximate surface area is 109 Å². The van der Waals surface area contributed by atoms with Gasteiger partial charge in [-0.05, 0) is 18.4 Å². The lowest BCUT2D eigenvalue weighted by molar-refractivity contribution is 0.315. The second-order valence-corrected chi connectivity index (χ2v) is 4.41. The SMILES string of the molecule is CCC(CC)NCC(C(N)=NO)c1ccccc1. The van der Waals surface area contributed by atoms with Crippen LogP contribution in [0, 0.1) is 0 Å². The van der Waals surface area contributed by atoms with E-state index in [1.54, 1.807) is 0 Å². The maximum absolute atomic E-state index is 8.88. The van der Waals surface area contributed by atoms with Crippen LogP contribution >= 0.6 is 0 Å². The number of nitrogens with one attached hydrogen (secondary N) is 1. The zero-order valence-corrected chi connectivity index (χ0v) is 11.1. The molecule has 4 nitrogen and oxygen atoms in total. The first-order valence-electron chi connectivity index (χ1n) is 6.48. The van der Waals surface area contributed by atoms with Gasteiger partial charge in [0.15, 0.2) is 0 Å². The lowest BCUT2D eigenvalue weighted by atomic mass is 9.97. The number of nitrogens with zero attached hydrogens (tertiary/aromatic N) is 1. The van der Waals surface area contributed by atoms with Crippen molar-refractivity contribution in [2.75, 3.05) is 6.54 Å². The summed E-state index contributed by atoms with van der Waals surface area (Å²) in [6.45, 7) is 5.00. The number of hydrogen-bond acceptors (Lipinski definition) is 3. The van der Waals surface area contributed by atoms with E-state index in [9.17, 15) is 0 Å². The maximum Gasteiger partial charge on any atom is 0.147 e. The standard InChI is InChI=1S/C14H23N3O/c1-3-12(4-2)16-10-13(14(15)17-18)11-8-6-5-7-9-11/h5-9,12-13,16,18H,3-4,10H2,1-2H3,(H2,15,17). The van der Waals surface area contributed by atoms with Gasteiger partial charge in [-0.3, -0.25) is 0 Å². The van der Waals surface area contributed by atoms with Gasteiger partial charge in [-0.2, -0.15) is 0 Å². The fourth-order valence-corrected chi connectivity index (χ4v) is 2.01. The molecule has 0 aliphatic rings. The zero-order valence-electron chi connectivity index (χ0n) is 11.1. The number of rotatable bonds is 7. The van der Waals surface area contributed by atoms with Crippen LogP contribution in [0.25, 0.3) is 0 Å². The van der Waals surface area contributed by atoms with Crippen molar-refractivity contribution < 1.29 is 5.21 Å². The number of oxime groups is 1. The summed E-state index contributed by atoms with van der Waals surface area (Å²) in [5.41, 5.74) is 6.84. The van der Waals surface area contributed by atoms with Gasteiger partial charge >= 0.3 is 0 Å². The van der Waals surface area contributed by atoms with E-state index in [-0.39, 0.29) is 11.8 Å². The minimum Gasteiger partial charge on any atom is -0.409 e. The molecule has 0 amide bonds. The summed E-state index contributed by atoms with van der Waals surface area (Å²) in [7, 11) is 0. The first kappa shape index (κ1) is 14.5. The number of nitrogens with two attached hydrogens (primary N) is 1. The van der Waals surface area contributed by atoms with Gasteiger partial charge in [0.2, 0.25) is 0 Å². The monoisotopic (exact) mass is 249 g/mol. The molecule has 0 aromatic heterocycles. The fraction of sp³-hybridized carbons (Fsp3) is 0.500.